The van der Waals surface area contributed by atoms with Crippen LogP contribution in [0.2, 0.25) is 0 Å². The fraction of sp³-hybridized carbons (Fsp3) is 0.357. The van der Waals surface area contributed by atoms with Gasteiger partial charge in [0, 0.05) is 29.3 Å². The van der Waals surface area contributed by atoms with Crippen LogP contribution in [-0.4, -0.2) is 16.3 Å². The molecule has 0 aliphatic carbocycles. The molecule has 2 aromatic rings. The van der Waals surface area contributed by atoms with Gasteiger partial charge in [0.1, 0.15) is 5.82 Å². The Morgan fingerprint density at radius 1 is 1.47 bits per heavy atom. The van der Waals surface area contributed by atoms with E-state index in [1.807, 2.05) is 25.5 Å². The van der Waals surface area contributed by atoms with Gasteiger partial charge in [0.2, 0.25) is 0 Å². The fourth-order valence-corrected chi connectivity index (χ4v) is 2.59. The smallest absolute Gasteiger partial charge is 0.124 e. The lowest BCUT2D eigenvalue weighted by Gasteiger charge is -2.17. The number of aromatic nitrogens is 2. The summed E-state index contributed by atoms with van der Waals surface area (Å²) >= 11 is 3.42. The molecule has 0 radical (unpaired) electrons. The van der Waals surface area contributed by atoms with Crippen LogP contribution in [0.3, 0.4) is 0 Å². The lowest BCUT2D eigenvalue weighted by molar-refractivity contribution is 0.547. The first-order valence-electron chi connectivity index (χ1n) is 6.26. The van der Waals surface area contributed by atoms with Crippen LogP contribution in [0.1, 0.15) is 24.1 Å². The second-order valence-corrected chi connectivity index (χ2v) is 5.35. The van der Waals surface area contributed by atoms with Crippen LogP contribution in [0.4, 0.5) is 4.39 Å². The van der Waals surface area contributed by atoms with Gasteiger partial charge in [-0.3, -0.25) is 4.68 Å². The second-order valence-electron chi connectivity index (χ2n) is 4.50. The summed E-state index contributed by atoms with van der Waals surface area (Å²) in [6, 6.07) is 4.99. The van der Waals surface area contributed by atoms with Crippen LogP contribution in [-0.2, 0) is 13.5 Å². The summed E-state index contributed by atoms with van der Waals surface area (Å²) in [6.45, 7) is 2.95. The number of halogens is 2. The Balaban J connectivity index is 2.21. The number of hydrogen-bond donors (Lipinski definition) is 1. The predicted octanol–water partition coefficient (Wildman–Crippen LogP) is 3.22. The molecule has 0 aliphatic rings. The molecule has 1 aromatic heterocycles. The molecule has 1 atom stereocenters. The van der Waals surface area contributed by atoms with E-state index < -0.39 is 0 Å². The van der Waals surface area contributed by atoms with Crippen molar-refractivity contribution in [2.24, 2.45) is 7.05 Å². The molecule has 3 nitrogen and oxygen atoms in total. The number of hydrogen-bond acceptors (Lipinski definition) is 2. The summed E-state index contributed by atoms with van der Waals surface area (Å²) in [7, 11) is 1.90. The molecule has 0 saturated heterocycles. The van der Waals surface area contributed by atoms with Gasteiger partial charge in [0.15, 0.2) is 0 Å². The third kappa shape index (κ3) is 3.64. The first-order valence-corrected chi connectivity index (χ1v) is 7.05. The molecular formula is C14H17BrFN3. The van der Waals surface area contributed by atoms with Crippen molar-refractivity contribution in [2.45, 2.75) is 19.4 Å². The minimum Gasteiger partial charge on any atom is -0.310 e. The molecule has 19 heavy (non-hydrogen) atoms. The van der Waals surface area contributed by atoms with Gasteiger partial charge >= 0.3 is 0 Å². The van der Waals surface area contributed by atoms with Crippen LogP contribution < -0.4 is 5.32 Å². The summed E-state index contributed by atoms with van der Waals surface area (Å²) < 4.78 is 15.7. The number of likely N-dealkylation sites (N-methyl/N-ethyl adjacent to an activating group) is 1. The average Bonchev–Trinajstić information content (AvgIpc) is 2.78. The van der Waals surface area contributed by atoms with Crippen molar-refractivity contribution in [2.75, 3.05) is 6.54 Å². The summed E-state index contributed by atoms with van der Waals surface area (Å²) in [6.07, 6.45) is 4.66. The van der Waals surface area contributed by atoms with E-state index in [4.69, 9.17) is 0 Å². The minimum atomic E-state index is -0.225. The molecule has 1 heterocycles. The quantitative estimate of drug-likeness (QED) is 0.914. The highest BCUT2D eigenvalue weighted by molar-refractivity contribution is 9.10. The molecule has 1 unspecified atom stereocenters. The molecule has 0 saturated carbocycles. The molecule has 5 heteroatoms. The van der Waals surface area contributed by atoms with E-state index >= 15 is 0 Å². The lowest BCUT2D eigenvalue weighted by Crippen LogP contribution is -2.22. The Kier molecular flexibility index (Phi) is 4.71. The number of nitrogens with zero attached hydrogens (tertiary/aromatic N) is 2. The van der Waals surface area contributed by atoms with Gasteiger partial charge in [-0.1, -0.05) is 28.9 Å². The molecule has 0 aliphatic heterocycles. The summed E-state index contributed by atoms with van der Waals surface area (Å²) in [5.74, 6) is -0.225. The highest BCUT2D eigenvalue weighted by Gasteiger charge is 2.14. The largest absolute Gasteiger partial charge is 0.310 e. The Hall–Kier alpha value is -1.20. The zero-order chi connectivity index (χ0) is 13.8. The van der Waals surface area contributed by atoms with Crippen LogP contribution in [0, 0.1) is 5.82 Å². The van der Waals surface area contributed by atoms with Crippen LogP contribution in [0.5, 0.6) is 0 Å². The van der Waals surface area contributed by atoms with E-state index in [-0.39, 0.29) is 11.9 Å². The van der Waals surface area contributed by atoms with E-state index in [1.165, 1.54) is 12.1 Å². The van der Waals surface area contributed by atoms with Crippen molar-refractivity contribution in [1.29, 1.82) is 0 Å². The van der Waals surface area contributed by atoms with Gasteiger partial charge < -0.3 is 5.32 Å². The zero-order valence-corrected chi connectivity index (χ0v) is 12.6. The molecule has 1 N–H and O–H groups in total. The van der Waals surface area contributed by atoms with Crippen LogP contribution in [0.25, 0.3) is 0 Å². The third-order valence-electron chi connectivity index (χ3n) is 3.02. The lowest BCUT2D eigenvalue weighted by atomic mass is 10.0. The fourth-order valence-electron chi connectivity index (χ4n) is 2.08. The Labute approximate surface area is 121 Å². The summed E-state index contributed by atoms with van der Waals surface area (Å²) in [5, 5.41) is 7.64. The van der Waals surface area contributed by atoms with E-state index in [2.05, 4.69) is 33.3 Å². The zero-order valence-electron chi connectivity index (χ0n) is 11.0. The highest BCUT2D eigenvalue weighted by atomic mass is 79.9. The van der Waals surface area contributed by atoms with Gasteiger partial charge in [0.05, 0.1) is 6.20 Å². The van der Waals surface area contributed by atoms with Crippen molar-refractivity contribution in [3.8, 4) is 0 Å². The van der Waals surface area contributed by atoms with E-state index in [0.717, 1.165) is 28.6 Å². The monoisotopic (exact) mass is 325 g/mol. The first-order chi connectivity index (χ1) is 9.10. The molecule has 0 fully saturated rings. The molecule has 102 valence electrons. The standard InChI is InChI=1S/C14H17BrFN3/c1-3-17-14(11-8-18-19(2)9-11)6-10-4-5-12(16)7-13(10)15/h4-5,7-9,14,17H,3,6H2,1-2H3. The molecular weight excluding hydrogens is 309 g/mol. The Morgan fingerprint density at radius 2 is 2.26 bits per heavy atom. The SMILES string of the molecule is CCNC(Cc1ccc(F)cc1Br)c1cnn(C)c1. The molecule has 1 aromatic carbocycles. The average molecular weight is 326 g/mol. The van der Waals surface area contributed by atoms with Crippen molar-refractivity contribution in [3.05, 3.63) is 52.0 Å². The molecule has 0 bridgehead atoms. The van der Waals surface area contributed by atoms with Crippen molar-refractivity contribution < 1.29 is 4.39 Å². The maximum atomic E-state index is 13.1. The Morgan fingerprint density at radius 3 is 2.84 bits per heavy atom. The van der Waals surface area contributed by atoms with Crippen LogP contribution >= 0.6 is 15.9 Å². The number of benzene rings is 1. The number of aryl methyl sites for hydroxylation is 1. The number of nitrogens with one attached hydrogen (secondary N) is 1. The van der Waals surface area contributed by atoms with E-state index in [9.17, 15) is 4.39 Å². The second kappa shape index (κ2) is 6.30. The van der Waals surface area contributed by atoms with Crippen molar-refractivity contribution >= 4 is 15.9 Å². The summed E-state index contributed by atoms with van der Waals surface area (Å²) in [5.41, 5.74) is 2.22. The predicted molar refractivity (Wildman–Crippen MR) is 77.4 cm³/mol. The van der Waals surface area contributed by atoms with Crippen LogP contribution in [0.15, 0.2) is 35.1 Å². The van der Waals surface area contributed by atoms with E-state index in [0.29, 0.717) is 0 Å². The maximum Gasteiger partial charge on any atom is 0.124 e. The highest BCUT2D eigenvalue weighted by Crippen LogP contribution is 2.24. The van der Waals surface area contributed by atoms with Gasteiger partial charge in [-0.2, -0.15) is 5.10 Å². The topological polar surface area (TPSA) is 29.9 Å². The van der Waals surface area contributed by atoms with Crippen molar-refractivity contribution in [1.82, 2.24) is 15.1 Å². The van der Waals surface area contributed by atoms with Crippen molar-refractivity contribution in [3.63, 3.8) is 0 Å². The Bertz CT molecular complexity index is 553. The molecule has 0 spiro atoms. The first kappa shape index (κ1) is 14.2. The summed E-state index contributed by atoms with van der Waals surface area (Å²) in [4.78, 5) is 0. The minimum absolute atomic E-state index is 0.181. The third-order valence-corrected chi connectivity index (χ3v) is 3.76. The van der Waals surface area contributed by atoms with E-state index in [1.54, 1.807) is 4.68 Å². The van der Waals surface area contributed by atoms with Gasteiger partial charge in [-0.15, -0.1) is 0 Å². The van der Waals surface area contributed by atoms with Gasteiger partial charge in [-0.25, -0.2) is 4.39 Å². The molecule has 0 amide bonds. The van der Waals surface area contributed by atoms with Gasteiger partial charge in [0.25, 0.3) is 0 Å². The van der Waals surface area contributed by atoms with Gasteiger partial charge in [-0.05, 0) is 30.7 Å². The molecule has 2 rings (SSSR count). The normalized spacial score (nSPS) is 12.6. The maximum absolute atomic E-state index is 13.1. The number of rotatable bonds is 5.